The number of carbonyl (C=O) groups is 1. The van der Waals surface area contributed by atoms with Gasteiger partial charge in [-0.3, -0.25) is 4.79 Å². The molecule has 0 fully saturated rings. The molecule has 29 heavy (non-hydrogen) atoms. The Kier molecular flexibility index (Phi) is 5.15. The summed E-state index contributed by atoms with van der Waals surface area (Å²) in [4.78, 5) is 30.8. The molecule has 8 nitrogen and oxygen atoms in total. The van der Waals surface area contributed by atoms with Crippen molar-refractivity contribution in [3.63, 3.8) is 0 Å². The van der Waals surface area contributed by atoms with Crippen molar-refractivity contribution in [3.8, 4) is 28.5 Å². The highest BCUT2D eigenvalue weighted by atomic mass is 16.7. The summed E-state index contributed by atoms with van der Waals surface area (Å²) in [6.07, 6.45) is 0.614. The molecule has 4 rings (SSSR count). The van der Waals surface area contributed by atoms with Crippen molar-refractivity contribution in [1.29, 1.82) is 0 Å². The first kappa shape index (κ1) is 18.5. The number of amides is 1. The smallest absolute Gasteiger partial charge is 0.346 e. The van der Waals surface area contributed by atoms with Crippen LogP contribution in [0.1, 0.15) is 16.1 Å². The monoisotopic (exact) mass is 393 g/mol. The predicted molar refractivity (Wildman–Crippen MR) is 105 cm³/mol. The summed E-state index contributed by atoms with van der Waals surface area (Å²) >= 11 is 0. The molecule has 2 N–H and O–H groups in total. The zero-order valence-corrected chi connectivity index (χ0v) is 15.7. The Morgan fingerprint density at radius 3 is 2.72 bits per heavy atom. The van der Waals surface area contributed by atoms with Crippen molar-refractivity contribution in [2.75, 3.05) is 20.4 Å². The minimum atomic E-state index is -0.584. The SMILES string of the molecule is COc1ccc(-c2cc(C(=O)NCCc3ccc4c(c3)OCO4)[nH]c(=O)n2)cc1. The zero-order valence-electron chi connectivity index (χ0n) is 15.7. The van der Waals surface area contributed by atoms with Crippen LogP contribution >= 0.6 is 0 Å². The Morgan fingerprint density at radius 1 is 1.14 bits per heavy atom. The Bertz CT molecular complexity index is 1090. The largest absolute Gasteiger partial charge is 0.497 e. The highest BCUT2D eigenvalue weighted by Crippen LogP contribution is 2.32. The van der Waals surface area contributed by atoms with Gasteiger partial charge in [-0.05, 0) is 54.4 Å². The molecular weight excluding hydrogens is 374 g/mol. The molecule has 3 aromatic rings. The van der Waals surface area contributed by atoms with E-state index in [1.54, 1.807) is 37.4 Å². The number of fused-ring (bicyclic) bond motifs is 1. The summed E-state index contributed by atoms with van der Waals surface area (Å²) in [7, 11) is 1.58. The number of hydrogen-bond donors (Lipinski definition) is 2. The molecule has 0 saturated heterocycles. The normalized spacial score (nSPS) is 11.9. The lowest BCUT2D eigenvalue weighted by molar-refractivity contribution is 0.0948. The van der Waals surface area contributed by atoms with Crippen molar-refractivity contribution < 1.29 is 19.0 Å². The highest BCUT2D eigenvalue weighted by Gasteiger charge is 2.14. The van der Waals surface area contributed by atoms with Gasteiger partial charge in [-0.1, -0.05) is 6.07 Å². The predicted octanol–water partition coefficient (Wildman–Crippen LogP) is 2.15. The average molecular weight is 393 g/mol. The fraction of sp³-hybridized carbons (Fsp3) is 0.190. The van der Waals surface area contributed by atoms with Gasteiger partial charge < -0.3 is 24.5 Å². The molecule has 0 atom stereocenters. The molecule has 1 aromatic heterocycles. The molecule has 0 bridgehead atoms. The number of methoxy groups -OCH3 is 1. The number of nitrogens with zero attached hydrogens (tertiary/aromatic N) is 1. The number of benzene rings is 2. The van der Waals surface area contributed by atoms with Crippen LogP contribution in [0.3, 0.4) is 0 Å². The molecule has 0 aliphatic carbocycles. The van der Waals surface area contributed by atoms with E-state index in [1.165, 1.54) is 0 Å². The van der Waals surface area contributed by atoms with E-state index in [0.717, 1.165) is 11.3 Å². The van der Waals surface area contributed by atoms with Crippen LogP contribution in [0, 0.1) is 0 Å². The first-order chi connectivity index (χ1) is 14.1. The number of aromatic nitrogens is 2. The fourth-order valence-corrected chi connectivity index (χ4v) is 3.00. The van der Waals surface area contributed by atoms with Crippen LogP contribution in [0.4, 0.5) is 0 Å². The number of carbonyl (C=O) groups excluding carboxylic acids is 1. The maximum Gasteiger partial charge on any atom is 0.346 e. The Balaban J connectivity index is 1.43. The third-order valence-corrected chi connectivity index (χ3v) is 4.51. The molecule has 0 spiro atoms. The Morgan fingerprint density at radius 2 is 1.93 bits per heavy atom. The number of hydrogen-bond acceptors (Lipinski definition) is 6. The van der Waals surface area contributed by atoms with Crippen LogP contribution in [0.2, 0.25) is 0 Å². The summed E-state index contributed by atoms with van der Waals surface area (Å²) in [6, 6.07) is 14.3. The number of H-pyrrole nitrogens is 1. The first-order valence-electron chi connectivity index (χ1n) is 9.05. The lowest BCUT2D eigenvalue weighted by Crippen LogP contribution is -2.29. The Labute approximate surface area is 166 Å². The molecule has 1 amide bonds. The van der Waals surface area contributed by atoms with Crippen LogP contribution in [0.5, 0.6) is 17.2 Å². The summed E-state index contributed by atoms with van der Waals surface area (Å²) in [5, 5.41) is 2.81. The zero-order chi connectivity index (χ0) is 20.2. The topological polar surface area (TPSA) is 103 Å². The van der Waals surface area contributed by atoms with Gasteiger partial charge in [-0.2, -0.15) is 4.98 Å². The number of aromatic amines is 1. The van der Waals surface area contributed by atoms with E-state index in [-0.39, 0.29) is 18.4 Å². The molecule has 148 valence electrons. The standard InChI is InChI=1S/C21H19N3O5/c1-27-15-5-3-14(4-6-15)16-11-17(24-21(26)23-16)20(25)22-9-8-13-2-7-18-19(10-13)29-12-28-18/h2-7,10-11H,8-9,12H2,1H3,(H,22,25)(H,23,24,26). The summed E-state index contributed by atoms with van der Waals surface area (Å²) < 4.78 is 15.8. The van der Waals surface area contributed by atoms with Crippen LogP contribution in [0.15, 0.2) is 53.3 Å². The molecule has 0 unspecified atom stereocenters. The van der Waals surface area contributed by atoms with Crippen molar-refractivity contribution in [2.45, 2.75) is 6.42 Å². The molecular formula is C21H19N3O5. The maximum atomic E-state index is 12.5. The highest BCUT2D eigenvalue weighted by molar-refractivity contribution is 5.93. The van der Waals surface area contributed by atoms with Crippen molar-refractivity contribution in [1.82, 2.24) is 15.3 Å². The lowest BCUT2D eigenvalue weighted by Gasteiger charge is -2.08. The van der Waals surface area contributed by atoms with E-state index in [4.69, 9.17) is 14.2 Å². The fourth-order valence-electron chi connectivity index (χ4n) is 3.00. The molecule has 8 heteroatoms. The molecule has 0 radical (unpaired) electrons. The van der Waals surface area contributed by atoms with Gasteiger partial charge in [0.05, 0.1) is 12.8 Å². The second-order valence-electron chi connectivity index (χ2n) is 6.41. The number of rotatable bonds is 6. The molecule has 1 aliphatic rings. The van der Waals surface area contributed by atoms with E-state index >= 15 is 0 Å². The quantitative estimate of drug-likeness (QED) is 0.665. The van der Waals surface area contributed by atoms with E-state index in [0.29, 0.717) is 35.7 Å². The summed E-state index contributed by atoms with van der Waals surface area (Å²) in [5.74, 6) is 1.75. The molecule has 0 saturated carbocycles. The van der Waals surface area contributed by atoms with Gasteiger partial charge in [-0.25, -0.2) is 4.79 Å². The summed E-state index contributed by atoms with van der Waals surface area (Å²) in [5.41, 5.74) is 1.71. The maximum absolute atomic E-state index is 12.5. The summed E-state index contributed by atoms with van der Waals surface area (Å²) in [6.45, 7) is 0.627. The van der Waals surface area contributed by atoms with Gasteiger partial charge in [0.1, 0.15) is 11.4 Å². The van der Waals surface area contributed by atoms with Gasteiger partial charge in [-0.15, -0.1) is 0 Å². The van der Waals surface area contributed by atoms with Gasteiger partial charge in [0.25, 0.3) is 5.91 Å². The van der Waals surface area contributed by atoms with Crippen molar-refractivity contribution >= 4 is 5.91 Å². The first-order valence-corrected chi connectivity index (χ1v) is 9.05. The number of nitrogens with one attached hydrogen (secondary N) is 2. The van der Waals surface area contributed by atoms with Crippen LogP contribution in [0.25, 0.3) is 11.3 Å². The minimum Gasteiger partial charge on any atom is -0.497 e. The van der Waals surface area contributed by atoms with Crippen molar-refractivity contribution in [2.24, 2.45) is 0 Å². The van der Waals surface area contributed by atoms with E-state index in [9.17, 15) is 9.59 Å². The third kappa shape index (κ3) is 4.21. The Hall–Kier alpha value is -3.81. The van der Waals surface area contributed by atoms with E-state index in [2.05, 4.69) is 15.3 Å². The third-order valence-electron chi connectivity index (χ3n) is 4.51. The second-order valence-corrected chi connectivity index (χ2v) is 6.41. The molecule has 2 aromatic carbocycles. The van der Waals surface area contributed by atoms with Gasteiger partial charge in [0.2, 0.25) is 6.79 Å². The number of ether oxygens (including phenoxy) is 3. The van der Waals surface area contributed by atoms with Gasteiger partial charge >= 0.3 is 5.69 Å². The van der Waals surface area contributed by atoms with Crippen LogP contribution in [-0.2, 0) is 6.42 Å². The average Bonchev–Trinajstić information content (AvgIpc) is 3.21. The second kappa shape index (κ2) is 8.05. The van der Waals surface area contributed by atoms with Crippen molar-refractivity contribution in [3.05, 3.63) is 70.3 Å². The van der Waals surface area contributed by atoms with Gasteiger partial charge in [0, 0.05) is 12.1 Å². The lowest BCUT2D eigenvalue weighted by atomic mass is 10.1. The molecule has 2 heterocycles. The van der Waals surface area contributed by atoms with Crippen LogP contribution in [-0.4, -0.2) is 36.3 Å². The van der Waals surface area contributed by atoms with Crippen LogP contribution < -0.4 is 25.2 Å². The van der Waals surface area contributed by atoms with Gasteiger partial charge in [0.15, 0.2) is 11.5 Å². The van der Waals surface area contributed by atoms with E-state index in [1.807, 2.05) is 18.2 Å². The molecule has 1 aliphatic heterocycles. The minimum absolute atomic E-state index is 0.154. The van der Waals surface area contributed by atoms with E-state index < -0.39 is 5.69 Å².